The number of morpholine rings is 1. The highest BCUT2D eigenvalue weighted by molar-refractivity contribution is 5.95. The van der Waals surface area contributed by atoms with Gasteiger partial charge in [-0.05, 0) is 18.2 Å². The Morgan fingerprint density at radius 2 is 1.90 bits per heavy atom. The molecular formula is C14H12F3NO2. The molecule has 0 aromatic heterocycles. The minimum absolute atomic E-state index is 0.0384. The number of terminal acetylenes is 1. The van der Waals surface area contributed by atoms with Gasteiger partial charge in [-0.2, -0.15) is 13.2 Å². The Labute approximate surface area is 114 Å². The Morgan fingerprint density at radius 1 is 1.25 bits per heavy atom. The fourth-order valence-corrected chi connectivity index (χ4v) is 1.95. The van der Waals surface area contributed by atoms with Gasteiger partial charge in [0, 0.05) is 24.2 Å². The van der Waals surface area contributed by atoms with Crippen LogP contribution in [0.5, 0.6) is 0 Å². The van der Waals surface area contributed by atoms with Crippen molar-refractivity contribution in [1.29, 1.82) is 0 Å². The third-order valence-corrected chi connectivity index (χ3v) is 2.97. The number of halogens is 3. The van der Waals surface area contributed by atoms with Gasteiger partial charge < -0.3 is 9.64 Å². The summed E-state index contributed by atoms with van der Waals surface area (Å²) in [4.78, 5) is 13.6. The SMILES string of the molecule is C#Cc1cc(C(=O)N2CCOCC2)cc(C(F)(F)F)c1. The first kappa shape index (κ1) is 14.4. The number of alkyl halides is 3. The van der Waals surface area contributed by atoms with Crippen LogP contribution in [0.4, 0.5) is 13.2 Å². The Bertz CT molecular complexity index is 555. The normalized spacial score (nSPS) is 15.8. The van der Waals surface area contributed by atoms with Crippen LogP contribution in [0.2, 0.25) is 0 Å². The summed E-state index contributed by atoms with van der Waals surface area (Å²) in [5.41, 5.74) is -0.921. The van der Waals surface area contributed by atoms with Crippen LogP contribution in [0.3, 0.4) is 0 Å². The molecule has 1 aromatic carbocycles. The summed E-state index contributed by atoms with van der Waals surface area (Å²) in [6, 6.07) is 2.99. The van der Waals surface area contributed by atoms with E-state index in [-0.39, 0.29) is 11.1 Å². The van der Waals surface area contributed by atoms with E-state index in [1.807, 2.05) is 0 Å². The summed E-state index contributed by atoms with van der Waals surface area (Å²) in [7, 11) is 0. The van der Waals surface area contributed by atoms with Gasteiger partial charge in [-0.25, -0.2) is 0 Å². The monoisotopic (exact) mass is 283 g/mol. The van der Waals surface area contributed by atoms with Gasteiger partial charge in [0.2, 0.25) is 0 Å². The minimum Gasteiger partial charge on any atom is -0.378 e. The maximum Gasteiger partial charge on any atom is 0.416 e. The van der Waals surface area contributed by atoms with Crippen molar-refractivity contribution in [1.82, 2.24) is 4.90 Å². The molecule has 0 radical (unpaired) electrons. The van der Waals surface area contributed by atoms with Gasteiger partial charge in [0.1, 0.15) is 0 Å². The van der Waals surface area contributed by atoms with Crippen LogP contribution in [0.15, 0.2) is 18.2 Å². The first-order chi connectivity index (χ1) is 9.41. The van der Waals surface area contributed by atoms with Gasteiger partial charge in [0.15, 0.2) is 0 Å². The van der Waals surface area contributed by atoms with E-state index in [2.05, 4.69) is 5.92 Å². The number of amides is 1. The Hall–Kier alpha value is -2.00. The molecule has 6 heteroatoms. The van der Waals surface area contributed by atoms with Crippen molar-refractivity contribution in [2.45, 2.75) is 6.18 Å². The molecular weight excluding hydrogens is 271 g/mol. The van der Waals surface area contributed by atoms with Crippen molar-refractivity contribution in [2.75, 3.05) is 26.3 Å². The van der Waals surface area contributed by atoms with Gasteiger partial charge in [0.05, 0.1) is 18.8 Å². The van der Waals surface area contributed by atoms with Crippen LogP contribution in [0, 0.1) is 12.3 Å². The third kappa shape index (κ3) is 3.11. The molecule has 0 N–H and O–H groups in total. The average Bonchev–Trinajstić information content (AvgIpc) is 2.46. The number of nitrogens with zero attached hydrogens (tertiary/aromatic N) is 1. The Balaban J connectivity index is 2.35. The second kappa shape index (κ2) is 5.55. The quantitative estimate of drug-likeness (QED) is 0.739. The predicted octanol–water partition coefficient (Wildman–Crippen LogP) is 2.16. The second-order valence-corrected chi connectivity index (χ2v) is 4.35. The molecule has 3 nitrogen and oxygen atoms in total. The van der Waals surface area contributed by atoms with Gasteiger partial charge in [-0.1, -0.05) is 5.92 Å². The van der Waals surface area contributed by atoms with Crippen LogP contribution >= 0.6 is 0 Å². The van der Waals surface area contributed by atoms with Gasteiger partial charge in [-0.3, -0.25) is 4.79 Å². The zero-order chi connectivity index (χ0) is 14.8. The molecule has 0 bridgehead atoms. The summed E-state index contributed by atoms with van der Waals surface area (Å²) < 4.78 is 43.4. The molecule has 0 aliphatic carbocycles. The molecule has 1 heterocycles. The molecule has 0 spiro atoms. The molecule has 1 aromatic rings. The highest BCUT2D eigenvalue weighted by Gasteiger charge is 2.32. The first-order valence-corrected chi connectivity index (χ1v) is 5.98. The number of carbonyl (C=O) groups is 1. The van der Waals surface area contributed by atoms with Crippen molar-refractivity contribution in [3.05, 3.63) is 34.9 Å². The lowest BCUT2D eigenvalue weighted by atomic mass is 10.0. The van der Waals surface area contributed by atoms with E-state index in [1.54, 1.807) is 0 Å². The van der Waals surface area contributed by atoms with Crippen molar-refractivity contribution < 1.29 is 22.7 Å². The molecule has 0 atom stereocenters. The molecule has 1 aliphatic rings. The summed E-state index contributed by atoms with van der Waals surface area (Å²) in [6.45, 7) is 1.49. The minimum atomic E-state index is -4.53. The fourth-order valence-electron chi connectivity index (χ4n) is 1.95. The van der Waals surface area contributed by atoms with Crippen LogP contribution in [0.25, 0.3) is 0 Å². The lowest BCUT2D eigenvalue weighted by Gasteiger charge is -2.27. The number of hydrogen-bond donors (Lipinski definition) is 0. The van der Waals surface area contributed by atoms with E-state index in [0.29, 0.717) is 26.3 Å². The molecule has 1 fully saturated rings. The van der Waals surface area contributed by atoms with Crippen molar-refractivity contribution in [3.63, 3.8) is 0 Å². The molecule has 106 valence electrons. The molecule has 20 heavy (non-hydrogen) atoms. The van der Waals surface area contributed by atoms with Crippen LogP contribution in [0.1, 0.15) is 21.5 Å². The summed E-state index contributed by atoms with van der Waals surface area (Å²) in [5.74, 6) is 1.68. The van der Waals surface area contributed by atoms with E-state index >= 15 is 0 Å². The molecule has 0 saturated carbocycles. The van der Waals surface area contributed by atoms with Crippen LogP contribution < -0.4 is 0 Å². The average molecular weight is 283 g/mol. The van der Waals surface area contributed by atoms with E-state index in [4.69, 9.17) is 11.2 Å². The van der Waals surface area contributed by atoms with Gasteiger partial charge >= 0.3 is 6.18 Å². The largest absolute Gasteiger partial charge is 0.416 e. The molecule has 2 rings (SSSR count). The molecule has 1 saturated heterocycles. The topological polar surface area (TPSA) is 29.5 Å². The summed E-state index contributed by atoms with van der Waals surface area (Å²) in [5, 5.41) is 0. The zero-order valence-electron chi connectivity index (χ0n) is 10.5. The maximum atomic E-state index is 12.8. The fraction of sp³-hybridized carbons (Fsp3) is 0.357. The molecule has 0 unspecified atom stereocenters. The smallest absolute Gasteiger partial charge is 0.378 e. The van der Waals surface area contributed by atoms with Crippen LogP contribution in [-0.4, -0.2) is 37.1 Å². The number of carbonyl (C=O) groups excluding carboxylic acids is 1. The Morgan fingerprint density at radius 3 is 2.45 bits per heavy atom. The molecule has 1 aliphatic heterocycles. The predicted molar refractivity (Wildman–Crippen MR) is 66.1 cm³/mol. The van der Waals surface area contributed by atoms with E-state index < -0.39 is 17.6 Å². The van der Waals surface area contributed by atoms with Gasteiger partial charge in [0.25, 0.3) is 5.91 Å². The van der Waals surface area contributed by atoms with Crippen molar-refractivity contribution in [3.8, 4) is 12.3 Å². The lowest BCUT2D eigenvalue weighted by Crippen LogP contribution is -2.40. The summed E-state index contributed by atoms with van der Waals surface area (Å²) in [6.07, 6.45) is 0.612. The third-order valence-electron chi connectivity index (χ3n) is 2.97. The number of rotatable bonds is 1. The molecule has 1 amide bonds. The first-order valence-electron chi connectivity index (χ1n) is 5.98. The zero-order valence-corrected chi connectivity index (χ0v) is 10.5. The van der Waals surface area contributed by atoms with E-state index in [1.165, 1.54) is 11.0 Å². The number of ether oxygens (including phenoxy) is 1. The highest BCUT2D eigenvalue weighted by Crippen LogP contribution is 2.31. The van der Waals surface area contributed by atoms with E-state index in [0.717, 1.165) is 12.1 Å². The Kier molecular flexibility index (Phi) is 4.00. The lowest BCUT2D eigenvalue weighted by molar-refractivity contribution is -0.137. The highest BCUT2D eigenvalue weighted by atomic mass is 19.4. The van der Waals surface area contributed by atoms with Crippen LogP contribution in [-0.2, 0) is 10.9 Å². The van der Waals surface area contributed by atoms with Crippen molar-refractivity contribution in [2.24, 2.45) is 0 Å². The number of benzene rings is 1. The summed E-state index contributed by atoms with van der Waals surface area (Å²) >= 11 is 0. The maximum absolute atomic E-state index is 12.8. The second-order valence-electron chi connectivity index (χ2n) is 4.35. The van der Waals surface area contributed by atoms with E-state index in [9.17, 15) is 18.0 Å². The van der Waals surface area contributed by atoms with Gasteiger partial charge in [-0.15, -0.1) is 6.42 Å². The number of hydrogen-bond acceptors (Lipinski definition) is 2. The van der Waals surface area contributed by atoms with Crippen molar-refractivity contribution >= 4 is 5.91 Å². The standard InChI is InChI=1S/C14H12F3NO2/c1-2-10-7-11(9-12(8-10)14(15,16)17)13(19)18-3-5-20-6-4-18/h1,7-9H,3-6H2.